The number of pyridine rings is 1. The van der Waals surface area contributed by atoms with Crippen molar-refractivity contribution in [3.05, 3.63) is 24.0 Å². The van der Waals surface area contributed by atoms with Crippen LogP contribution in [0.25, 0.3) is 0 Å². The molecule has 0 unspecified atom stereocenters. The fourth-order valence-corrected chi connectivity index (χ4v) is 1.31. The summed E-state index contributed by atoms with van der Waals surface area (Å²) in [6.45, 7) is 6.04. The fraction of sp³-hybridized carbons (Fsp3) is 0.500. The van der Waals surface area contributed by atoms with Gasteiger partial charge in [0.1, 0.15) is 18.3 Å². The molecule has 0 saturated carbocycles. The first-order chi connectivity index (χ1) is 9.33. The minimum absolute atomic E-state index is 0.260. The van der Waals surface area contributed by atoms with E-state index in [0.29, 0.717) is 17.9 Å². The minimum Gasteiger partial charge on any atom is -0.489 e. The molecule has 20 heavy (non-hydrogen) atoms. The number of amides is 1. The summed E-state index contributed by atoms with van der Waals surface area (Å²) in [5.41, 5.74) is -0.108. The van der Waals surface area contributed by atoms with Crippen LogP contribution < -0.4 is 4.74 Å². The number of hydrogen-bond acceptors (Lipinski definition) is 5. The molecule has 0 spiro atoms. The second-order valence-electron chi connectivity index (χ2n) is 5.23. The molecule has 108 valence electrons. The molecule has 1 aromatic heterocycles. The number of ether oxygens (including phenoxy) is 2. The zero-order chi connectivity index (χ0) is 15.2. The number of rotatable bonds is 4. The number of hydrogen-bond donors (Lipinski definition) is 0. The highest BCUT2D eigenvalue weighted by atomic mass is 16.6. The Hall–Kier alpha value is -2.29. The zero-order valence-corrected chi connectivity index (χ0v) is 12.2. The summed E-state index contributed by atoms with van der Waals surface area (Å²) in [4.78, 5) is 17.0. The molecular formula is C14H19N3O3. The topological polar surface area (TPSA) is 75.5 Å². The number of aromatic nitrogens is 1. The third-order valence-electron chi connectivity index (χ3n) is 2.29. The van der Waals surface area contributed by atoms with Crippen LogP contribution in [0.3, 0.4) is 0 Å². The lowest BCUT2D eigenvalue weighted by molar-refractivity contribution is 0.0278. The Kier molecular flexibility index (Phi) is 5.32. The van der Waals surface area contributed by atoms with E-state index in [9.17, 15) is 4.79 Å². The summed E-state index contributed by atoms with van der Waals surface area (Å²) in [6.07, 6.45) is 2.59. The number of likely N-dealkylation sites (N-methyl/N-ethyl adjacent to an activating group) is 1. The monoisotopic (exact) mass is 277 g/mol. The summed E-state index contributed by atoms with van der Waals surface area (Å²) < 4.78 is 10.7. The van der Waals surface area contributed by atoms with E-state index in [1.165, 1.54) is 17.3 Å². The van der Waals surface area contributed by atoms with Crippen LogP contribution in [-0.2, 0) is 4.74 Å². The molecule has 0 aliphatic rings. The first-order valence-electron chi connectivity index (χ1n) is 6.24. The lowest BCUT2D eigenvalue weighted by Gasteiger charge is -2.24. The van der Waals surface area contributed by atoms with Crippen LogP contribution >= 0.6 is 0 Å². The van der Waals surface area contributed by atoms with Gasteiger partial charge in [-0.15, -0.1) is 0 Å². The number of nitrogens with zero attached hydrogens (tertiary/aromatic N) is 3. The lowest BCUT2D eigenvalue weighted by atomic mass is 10.2. The van der Waals surface area contributed by atoms with Gasteiger partial charge in [-0.2, -0.15) is 5.26 Å². The van der Waals surface area contributed by atoms with Gasteiger partial charge in [-0.1, -0.05) is 0 Å². The maximum Gasteiger partial charge on any atom is 0.410 e. The Balaban J connectivity index is 2.45. The smallest absolute Gasteiger partial charge is 0.410 e. The Labute approximate surface area is 118 Å². The second kappa shape index (κ2) is 6.75. The molecule has 0 bridgehead atoms. The van der Waals surface area contributed by atoms with Crippen molar-refractivity contribution in [2.24, 2.45) is 0 Å². The molecule has 1 amide bonds. The van der Waals surface area contributed by atoms with E-state index in [1.54, 1.807) is 13.1 Å². The van der Waals surface area contributed by atoms with E-state index in [1.807, 2.05) is 26.8 Å². The predicted octanol–water partition coefficient (Wildman–Crippen LogP) is 2.20. The van der Waals surface area contributed by atoms with Crippen LogP contribution in [0, 0.1) is 11.3 Å². The summed E-state index contributed by atoms with van der Waals surface area (Å²) in [5.74, 6) is 0.410. The van der Waals surface area contributed by atoms with Crippen LogP contribution in [0.15, 0.2) is 18.5 Å². The van der Waals surface area contributed by atoms with E-state index in [4.69, 9.17) is 14.7 Å². The molecule has 1 aromatic rings. The average molecular weight is 277 g/mol. The Morgan fingerprint density at radius 2 is 2.20 bits per heavy atom. The maximum atomic E-state index is 11.7. The number of nitriles is 1. The summed E-state index contributed by atoms with van der Waals surface area (Å²) in [5, 5.41) is 8.90. The van der Waals surface area contributed by atoms with E-state index < -0.39 is 11.7 Å². The largest absolute Gasteiger partial charge is 0.489 e. The second-order valence-corrected chi connectivity index (χ2v) is 5.23. The number of carbonyl (C=O) groups is 1. The van der Waals surface area contributed by atoms with Crippen molar-refractivity contribution < 1.29 is 14.3 Å². The molecule has 0 aromatic carbocycles. The first-order valence-corrected chi connectivity index (χ1v) is 6.24. The van der Waals surface area contributed by atoms with Gasteiger partial charge in [0.05, 0.1) is 18.3 Å². The van der Waals surface area contributed by atoms with E-state index in [2.05, 4.69) is 4.98 Å². The average Bonchev–Trinajstić information content (AvgIpc) is 2.37. The van der Waals surface area contributed by atoms with Gasteiger partial charge in [-0.05, 0) is 26.8 Å². The zero-order valence-electron chi connectivity index (χ0n) is 12.2. The van der Waals surface area contributed by atoms with E-state index in [0.717, 1.165) is 0 Å². The van der Waals surface area contributed by atoms with Crippen molar-refractivity contribution in [1.29, 1.82) is 5.26 Å². The van der Waals surface area contributed by atoms with Gasteiger partial charge in [0.25, 0.3) is 0 Å². The van der Waals surface area contributed by atoms with Crippen molar-refractivity contribution in [2.75, 3.05) is 20.2 Å². The van der Waals surface area contributed by atoms with Gasteiger partial charge in [-0.25, -0.2) is 4.79 Å². The van der Waals surface area contributed by atoms with Crippen molar-refractivity contribution in [3.63, 3.8) is 0 Å². The third kappa shape index (κ3) is 5.14. The maximum absolute atomic E-state index is 11.7. The molecule has 0 saturated heterocycles. The minimum atomic E-state index is -0.524. The van der Waals surface area contributed by atoms with Crippen molar-refractivity contribution in [2.45, 2.75) is 26.4 Å². The summed E-state index contributed by atoms with van der Waals surface area (Å²) in [7, 11) is 1.63. The Morgan fingerprint density at radius 3 is 2.80 bits per heavy atom. The van der Waals surface area contributed by atoms with Crippen LogP contribution in [0.1, 0.15) is 26.3 Å². The van der Waals surface area contributed by atoms with Gasteiger partial charge in [-0.3, -0.25) is 4.98 Å². The van der Waals surface area contributed by atoms with Gasteiger partial charge in [0, 0.05) is 13.2 Å². The van der Waals surface area contributed by atoms with Crippen LogP contribution in [0.5, 0.6) is 5.75 Å². The Morgan fingerprint density at radius 1 is 1.50 bits per heavy atom. The molecule has 0 fully saturated rings. The Bertz CT molecular complexity index is 503. The normalized spacial score (nSPS) is 10.6. The highest BCUT2D eigenvalue weighted by molar-refractivity contribution is 5.67. The van der Waals surface area contributed by atoms with Gasteiger partial charge >= 0.3 is 6.09 Å². The van der Waals surface area contributed by atoms with Gasteiger partial charge in [0.15, 0.2) is 5.75 Å². The summed E-state index contributed by atoms with van der Waals surface area (Å²) >= 11 is 0. The molecular weight excluding hydrogens is 258 g/mol. The molecule has 6 heteroatoms. The van der Waals surface area contributed by atoms with Crippen LogP contribution in [0.2, 0.25) is 0 Å². The van der Waals surface area contributed by atoms with Crippen molar-refractivity contribution in [3.8, 4) is 11.8 Å². The molecule has 0 atom stereocenters. The third-order valence-corrected chi connectivity index (χ3v) is 2.29. The van der Waals surface area contributed by atoms with E-state index >= 15 is 0 Å². The van der Waals surface area contributed by atoms with Gasteiger partial charge in [0.2, 0.25) is 0 Å². The molecule has 0 aliphatic heterocycles. The quantitative estimate of drug-likeness (QED) is 0.843. The standard InChI is InChI=1S/C14H19N3O3/c1-14(2,3)20-13(18)17(4)7-8-19-12-10-16-6-5-11(12)9-15/h5-6,10H,7-8H2,1-4H3. The van der Waals surface area contributed by atoms with Crippen LogP contribution in [0.4, 0.5) is 4.79 Å². The van der Waals surface area contributed by atoms with E-state index in [-0.39, 0.29) is 6.61 Å². The SMILES string of the molecule is CN(CCOc1cnccc1C#N)C(=O)OC(C)(C)C. The molecule has 1 rings (SSSR count). The molecule has 0 radical (unpaired) electrons. The van der Waals surface area contributed by atoms with Crippen molar-refractivity contribution in [1.82, 2.24) is 9.88 Å². The molecule has 0 aliphatic carbocycles. The molecule has 6 nitrogen and oxygen atoms in total. The van der Waals surface area contributed by atoms with Crippen LogP contribution in [-0.4, -0.2) is 41.8 Å². The van der Waals surface area contributed by atoms with Crippen molar-refractivity contribution >= 4 is 6.09 Å². The van der Waals surface area contributed by atoms with Gasteiger partial charge < -0.3 is 14.4 Å². The summed E-state index contributed by atoms with van der Waals surface area (Å²) in [6, 6.07) is 3.59. The fourth-order valence-electron chi connectivity index (χ4n) is 1.31. The predicted molar refractivity (Wildman–Crippen MR) is 73.3 cm³/mol. The first kappa shape index (κ1) is 15.8. The highest BCUT2D eigenvalue weighted by Crippen LogP contribution is 2.14. The molecule has 0 N–H and O–H groups in total. The molecule has 1 heterocycles. The lowest BCUT2D eigenvalue weighted by Crippen LogP contribution is -2.36. The number of carbonyl (C=O) groups excluding carboxylic acids is 1. The highest BCUT2D eigenvalue weighted by Gasteiger charge is 2.19.